The van der Waals surface area contributed by atoms with Crippen molar-refractivity contribution in [2.45, 2.75) is 18.8 Å². The molecular weight excluding hydrogens is 176 g/mol. The Balaban J connectivity index is 2.37. The van der Waals surface area contributed by atoms with E-state index in [-0.39, 0.29) is 11.2 Å². The molecule has 0 aliphatic heterocycles. The molecule has 70 valence electrons. The van der Waals surface area contributed by atoms with Gasteiger partial charge >= 0.3 is 0 Å². The van der Waals surface area contributed by atoms with Gasteiger partial charge in [-0.2, -0.15) is 0 Å². The molecule has 1 aromatic rings. The van der Waals surface area contributed by atoms with Gasteiger partial charge in [0.2, 0.25) is 5.78 Å². The molecule has 0 saturated heterocycles. The summed E-state index contributed by atoms with van der Waals surface area (Å²) >= 11 is 0. The zero-order valence-electron chi connectivity index (χ0n) is 7.91. The molecule has 2 aliphatic carbocycles. The summed E-state index contributed by atoms with van der Waals surface area (Å²) < 4.78 is 5.31. The van der Waals surface area contributed by atoms with Crippen LogP contribution >= 0.6 is 0 Å². The Labute approximate surface area is 81.9 Å². The normalized spacial score (nSPS) is 27.9. The van der Waals surface area contributed by atoms with Crippen molar-refractivity contribution >= 4 is 11.9 Å². The molecule has 1 atom stereocenters. The van der Waals surface area contributed by atoms with Crippen molar-refractivity contribution in [2.24, 2.45) is 0 Å². The monoisotopic (exact) mass is 186 g/mol. The van der Waals surface area contributed by atoms with E-state index < -0.39 is 0 Å². The standard InChI is InChI=1S/C12H10O2/c1-12-5-2-3-8-7-14-11(10(8)12)9(13)4-6-12/h2-4,6-7H,5H2,1H3. The van der Waals surface area contributed by atoms with Gasteiger partial charge in [0.15, 0.2) is 5.76 Å². The largest absolute Gasteiger partial charge is 0.460 e. The Kier molecular flexibility index (Phi) is 1.26. The van der Waals surface area contributed by atoms with Crippen molar-refractivity contribution in [3.05, 3.63) is 41.4 Å². The fraction of sp³-hybridized carbons (Fsp3) is 0.250. The maximum Gasteiger partial charge on any atom is 0.221 e. The molecule has 1 aromatic heterocycles. The van der Waals surface area contributed by atoms with Crippen LogP contribution in [-0.2, 0) is 5.41 Å². The number of rotatable bonds is 0. The molecule has 1 unspecified atom stereocenters. The molecule has 1 heterocycles. The minimum absolute atomic E-state index is 0.0148. The lowest BCUT2D eigenvalue weighted by atomic mass is 9.72. The van der Waals surface area contributed by atoms with Gasteiger partial charge in [-0.15, -0.1) is 0 Å². The van der Waals surface area contributed by atoms with Crippen LogP contribution in [0.1, 0.15) is 35.0 Å². The third-order valence-electron chi connectivity index (χ3n) is 3.06. The summed E-state index contributed by atoms with van der Waals surface area (Å²) in [5.74, 6) is 0.508. The average molecular weight is 186 g/mol. The van der Waals surface area contributed by atoms with E-state index in [9.17, 15) is 4.79 Å². The molecule has 0 bridgehead atoms. The zero-order valence-corrected chi connectivity index (χ0v) is 7.91. The van der Waals surface area contributed by atoms with Crippen LogP contribution < -0.4 is 0 Å². The van der Waals surface area contributed by atoms with Crippen molar-refractivity contribution in [1.82, 2.24) is 0 Å². The molecule has 0 radical (unpaired) electrons. The minimum Gasteiger partial charge on any atom is -0.460 e. The van der Waals surface area contributed by atoms with Crippen LogP contribution in [0.3, 0.4) is 0 Å². The number of carbonyl (C=O) groups excluding carboxylic acids is 1. The fourth-order valence-corrected chi connectivity index (χ4v) is 2.28. The van der Waals surface area contributed by atoms with Crippen LogP contribution in [0.2, 0.25) is 0 Å². The summed E-state index contributed by atoms with van der Waals surface area (Å²) in [6, 6.07) is 0. The maximum absolute atomic E-state index is 11.5. The summed E-state index contributed by atoms with van der Waals surface area (Å²) in [6.45, 7) is 2.14. The maximum atomic E-state index is 11.5. The molecule has 0 amide bonds. The summed E-state index contributed by atoms with van der Waals surface area (Å²) in [6.07, 6.45) is 10.4. The van der Waals surface area contributed by atoms with E-state index in [1.165, 1.54) is 0 Å². The first-order valence-electron chi connectivity index (χ1n) is 4.73. The summed E-state index contributed by atoms with van der Waals surface area (Å²) in [7, 11) is 0. The third-order valence-corrected chi connectivity index (χ3v) is 3.06. The molecule has 3 rings (SSSR count). The van der Waals surface area contributed by atoms with Crippen molar-refractivity contribution in [3.8, 4) is 0 Å². The highest BCUT2D eigenvalue weighted by Gasteiger charge is 2.37. The Morgan fingerprint density at radius 2 is 2.29 bits per heavy atom. The molecule has 0 aromatic carbocycles. The van der Waals surface area contributed by atoms with E-state index in [1.807, 2.05) is 12.2 Å². The third kappa shape index (κ3) is 0.782. The molecule has 0 saturated carbocycles. The van der Waals surface area contributed by atoms with Crippen molar-refractivity contribution in [2.75, 3.05) is 0 Å². The van der Waals surface area contributed by atoms with Crippen molar-refractivity contribution in [1.29, 1.82) is 0 Å². The van der Waals surface area contributed by atoms with E-state index in [0.29, 0.717) is 5.76 Å². The summed E-state index contributed by atoms with van der Waals surface area (Å²) in [5.41, 5.74) is 2.07. The topological polar surface area (TPSA) is 30.2 Å². The Bertz CT molecular complexity index is 477. The second kappa shape index (κ2) is 2.27. The van der Waals surface area contributed by atoms with Crippen LogP contribution in [0.15, 0.2) is 28.9 Å². The molecule has 2 aliphatic rings. The predicted octanol–water partition coefficient (Wildman–Crippen LogP) is 2.71. The molecule has 0 spiro atoms. The molecule has 2 heteroatoms. The Hall–Kier alpha value is -1.57. The number of hydrogen-bond acceptors (Lipinski definition) is 2. The second-order valence-corrected chi connectivity index (χ2v) is 4.12. The minimum atomic E-state index is -0.0413. The highest BCUT2D eigenvalue weighted by atomic mass is 16.3. The van der Waals surface area contributed by atoms with Crippen LogP contribution in [0.5, 0.6) is 0 Å². The van der Waals surface area contributed by atoms with Gasteiger partial charge in [0, 0.05) is 16.5 Å². The quantitative estimate of drug-likeness (QED) is 0.623. The lowest BCUT2D eigenvalue weighted by molar-refractivity contribution is 0.101. The fourth-order valence-electron chi connectivity index (χ4n) is 2.28. The number of hydrogen-bond donors (Lipinski definition) is 0. The summed E-state index contributed by atoms with van der Waals surface area (Å²) in [4.78, 5) is 11.5. The second-order valence-electron chi connectivity index (χ2n) is 4.12. The van der Waals surface area contributed by atoms with Crippen LogP contribution in [-0.4, -0.2) is 5.78 Å². The first-order chi connectivity index (χ1) is 6.71. The zero-order chi connectivity index (χ0) is 9.76. The Morgan fingerprint density at radius 3 is 3.14 bits per heavy atom. The van der Waals surface area contributed by atoms with Gasteiger partial charge in [-0.05, 0) is 12.5 Å². The van der Waals surface area contributed by atoms with E-state index >= 15 is 0 Å². The number of allylic oxidation sites excluding steroid dienone is 3. The average Bonchev–Trinajstić information content (AvgIpc) is 2.59. The van der Waals surface area contributed by atoms with Gasteiger partial charge in [0.05, 0.1) is 6.26 Å². The van der Waals surface area contributed by atoms with E-state index in [0.717, 1.165) is 17.5 Å². The highest BCUT2D eigenvalue weighted by Crippen LogP contribution is 2.42. The lowest BCUT2D eigenvalue weighted by Crippen LogP contribution is -2.26. The van der Waals surface area contributed by atoms with E-state index in [2.05, 4.69) is 13.0 Å². The number of ketones is 1. The van der Waals surface area contributed by atoms with Crippen LogP contribution in [0.4, 0.5) is 0 Å². The van der Waals surface area contributed by atoms with Crippen LogP contribution in [0.25, 0.3) is 6.08 Å². The van der Waals surface area contributed by atoms with Crippen molar-refractivity contribution < 1.29 is 9.21 Å². The molecule has 14 heavy (non-hydrogen) atoms. The lowest BCUT2D eigenvalue weighted by Gasteiger charge is -2.30. The van der Waals surface area contributed by atoms with Gasteiger partial charge in [0.1, 0.15) is 0 Å². The molecule has 0 fully saturated rings. The molecule has 0 N–H and O–H groups in total. The number of carbonyl (C=O) groups is 1. The van der Waals surface area contributed by atoms with Crippen LogP contribution in [0, 0.1) is 0 Å². The Morgan fingerprint density at radius 1 is 1.43 bits per heavy atom. The molecule has 2 nitrogen and oxygen atoms in total. The number of furan rings is 1. The van der Waals surface area contributed by atoms with Gasteiger partial charge < -0.3 is 4.42 Å². The van der Waals surface area contributed by atoms with Gasteiger partial charge in [0.25, 0.3) is 0 Å². The van der Waals surface area contributed by atoms with E-state index in [1.54, 1.807) is 12.3 Å². The first-order valence-corrected chi connectivity index (χ1v) is 4.73. The summed E-state index contributed by atoms with van der Waals surface area (Å²) in [5, 5.41) is 0. The highest BCUT2D eigenvalue weighted by molar-refractivity contribution is 6.06. The SMILES string of the molecule is CC12C=CC(=O)c3occ(c31)C=CC2. The van der Waals surface area contributed by atoms with Gasteiger partial charge in [-0.25, -0.2) is 0 Å². The van der Waals surface area contributed by atoms with E-state index in [4.69, 9.17) is 4.42 Å². The molecular formula is C12H10O2. The van der Waals surface area contributed by atoms with Crippen molar-refractivity contribution in [3.63, 3.8) is 0 Å². The predicted molar refractivity (Wildman–Crippen MR) is 53.2 cm³/mol. The smallest absolute Gasteiger partial charge is 0.221 e. The van der Waals surface area contributed by atoms with Gasteiger partial charge in [-0.1, -0.05) is 25.2 Å². The first kappa shape index (κ1) is 7.80. The van der Waals surface area contributed by atoms with Gasteiger partial charge in [-0.3, -0.25) is 4.79 Å².